The van der Waals surface area contributed by atoms with Gasteiger partial charge in [-0.05, 0) is 12.1 Å². The van der Waals surface area contributed by atoms with E-state index in [0.29, 0.717) is 11.0 Å². The van der Waals surface area contributed by atoms with Crippen molar-refractivity contribution in [3.05, 3.63) is 46.5 Å². The Morgan fingerprint density at radius 1 is 1.41 bits per heavy atom. The number of aromatic amines is 1. The van der Waals surface area contributed by atoms with Gasteiger partial charge >= 0.3 is 5.97 Å². The molecule has 17 heavy (non-hydrogen) atoms. The van der Waals surface area contributed by atoms with E-state index in [-0.39, 0.29) is 11.2 Å². The molecule has 84 valence electrons. The summed E-state index contributed by atoms with van der Waals surface area (Å²) in [7, 11) is 0. The van der Waals surface area contributed by atoms with E-state index >= 15 is 0 Å². The monoisotopic (exact) mass is 229 g/mol. The molecule has 0 aliphatic carbocycles. The van der Waals surface area contributed by atoms with E-state index in [0.717, 1.165) is 0 Å². The van der Waals surface area contributed by atoms with Gasteiger partial charge in [0.1, 0.15) is 0 Å². The number of benzene rings is 1. The SMILES string of the molecule is O=C(O)c1cccc2c1[nH]c(=O)c1nccn12. The quantitative estimate of drug-likeness (QED) is 0.648. The molecule has 1 aromatic carbocycles. The van der Waals surface area contributed by atoms with E-state index < -0.39 is 11.5 Å². The van der Waals surface area contributed by atoms with Gasteiger partial charge in [0, 0.05) is 12.4 Å². The van der Waals surface area contributed by atoms with Crippen LogP contribution in [0, 0.1) is 0 Å². The van der Waals surface area contributed by atoms with Crippen molar-refractivity contribution in [1.29, 1.82) is 0 Å². The smallest absolute Gasteiger partial charge is 0.337 e. The number of aromatic nitrogens is 3. The number of imidazole rings is 1. The van der Waals surface area contributed by atoms with Crippen LogP contribution in [-0.4, -0.2) is 25.4 Å². The summed E-state index contributed by atoms with van der Waals surface area (Å²) in [6.45, 7) is 0. The van der Waals surface area contributed by atoms with Crippen LogP contribution >= 0.6 is 0 Å². The van der Waals surface area contributed by atoms with Crippen LogP contribution in [0.1, 0.15) is 10.4 Å². The zero-order chi connectivity index (χ0) is 12.0. The summed E-state index contributed by atoms with van der Waals surface area (Å²) in [5.41, 5.74) is 0.818. The molecule has 0 radical (unpaired) electrons. The summed E-state index contributed by atoms with van der Waals surface area (Å²) < 4.78 is 1.57. The highest BCUT2D eigenvalue weighted by Gasteiger charge is 2.12. The van der Waals surface area contributed by atoms with Crippen molar-refractivity contribution in [3.8, 4) is 0 Å². The highest BCUT2D eigenvalue weighted by molar-refractivity contribution is 6.01. The van der Waals surface area contributed by atoms with Gasteiger partial charge < -0.3 is 10.1 Å². The van der Waals surface area contributed by atoms with Gasteiger partial charge in [-0.2, -0.15) is 0 Å². The summed E-state index contributed by atoms with van der Waals surface area (Å²) in [4.78, 5) is 29.2. The molecule has 0 spiro atoms. The third kappa shape index (κ3) is 1.24. The maximum Gasteiger partial charge on any atom is 0.337 e. The molecule has 2 N–H and O–H groups in total. The summed E-state index contributed by atoms with van der Waals surface area (Å²) in [5, 5.41) is 9.05. The van der Waals surface area contributed by atoms with Gasteiger partial charge in [0.05, 0.1) is 16.6 Å². The van der Waals surface area contributed by atoms with Crippen LogP contribution in [-0.2, 0) is 0 Å². The van der Waals surface area contributed by atoms with Gasteiger partial charge in [-0.3, -0.25) is 9.20 Å². The Balaban J connectivity index is 2.62. The van der Waals surface area contributed by atoms with Gasteiger partial charge in [-0.1, -0.05) is 6.07 Å². The van der Waals surface area contributed by atoms with Crippen molar-refractivity contribution in [3.63, 3.8) is 0 Å². The summed E-state index contributed by atoms with van der Waals surface area (Å²) in [5.74, 6) is -1.08. The highest BCUT2D eigenvalue weighted by atomic mass is 16.4. The first kappa shape index (κ1) is 9.59. The minimum absolute atomic E-state index is 0.0650. The fourth-order valence-corrected chi connectivity index (χ4v) is 1.89. The molecule has 2 aromatic heterocycles. The molecule has 0 saturated heterocycles. The number of para-hydroxylation sites is 1. The third-order valence-electron chi connectivity index (χ3n) is 2.61. The normalized spacial score (nSPS) is 11.1. The maximum absolute atomic E-state index is 11.7. The minimum atomic E-state index is -1.08. The lowest BCUT2D eigenvalue weighted by Gasteiger charge is -2.04. The Morgan fingerprint density at radius 3 is 3.00 bits per heavy atom. The fraction of sp³-hybridized carbons (Fsp3) is 0. The summed E-state index contributed by atoms with van der Waals surface area (Å²) in [6.07, 6.45) is 3.12. The second kappa shape index (κ2) is 3.18. The standard InChI is InChI=1S/C11H7N3O3/c15-10-9-12-4-5-14(9)7-3-1-2-6(11(16)17)8(7)13-10/h1-5H,(H,13,15)(H,16,17). The number of hydrogen-bond acceptors (Lipinski definition) is 3. The van der Waals surface area contributed by atoms with Crippen LogP contribution in [0.25, 0.3) is 16.7 Å². The van der Waals surface area contributed by atoms with Crippen LogP contribution in [0.5, 0.6) is 0 Å². The number of hydrogen-bond donors (Lipinski definition) is 2. The van der Waals surface area contributed by atoms with Gasteiger partial charge in [0.2, 0.25) is 5.65 Å². The molecule has 0 unspecified atom stereocenters. The molecule has 0 amide bonds. The molecule has 0 saturated carbocycles. The van der Waals surface area contributed by atoms with Crippen LogP contribution < -0.4 is 5.56 Å². The van der Waals surface area contributed by atoms with Gasteiger partial charge in [0.15, 0.2) is 0 Å². The molecule has 0 aliphatic rings. The molecule has 0 fully saturated rings. The van der Waals surface area contributed by atoms with Crippen molar-refractivity contribution < 1.29 is 9.90 Å². The Morgan fingerprint density at radius 2 is 2.24 bits per heavy atom. The number of rotatable bonds is 1. The molecular weight excluding hydrogens is 222 g/mol. The first-order valence-electron chi connectivity index (χ1n) is 4.90. The molecular formula is C11H7N3O3. The fourth-order valence-electron chi connectivity index (χ4n) is 1.89. The average Bonchev–Trinajstić information content (AvgIpc) is 2.78. The van der Waals surface area contributed by atoms with Crippen LogP contribution in [0.15, 0.2) is 35.4 Å². The van der Waals surface area contributed by atoms with Crippen LogP contribution in [0.3, 0.4) is 0 Å². The average molecular weight is 229 g/mol. The predicted molar refractivity (Wildman–Crippen MR) is 60.3 cm³/mol. The lowest BCUT2D eigenvalue weighted by molar-refractivity contribution is 0.0699. The van der Waals surface area contributed by atoms with Gasteiger partial charge in [-0.15, -0.1) is 0 Å². The van der Waals surface area contributed by atoms with Gasteiger partial charge in [0.25, 0.3) is 5.56 Å². The molecule has 0 atom stereocenters. The first-order chi connectivity index (χ1) is 8.18. The van der Waals surface area contributed by atoms with Crippen molar-refractivity contribution in [1.82, 2.24) is 14.4 Å². The van der Waals surface area contributed by atoms with E-state index in [1.54, 1.807) is 22.7 Å². The molecule has 6 nitrogen and oxygen atoms in total. The van der Waals surface area contributed by atoms with Crippen LogP contribution in [0.4, 0.5) is 0 Å². The number of carbonyl (C=O) groups is 1. The minimum Gasteiger partial charge on any atom is -0.478 e. The molecule has 3 rings (SSSR count). The van der Waals surface area contributed by atoms with E-state index in [1.807, 2.05) is 0 Å². The Labute approximate surface area is 94.2 Å². The van der Waals surface area contributed by atoms with Crippen LogP contribution in [0.2, 0.25) is 0 Å². The lowest BCUT2D eigenvalue weighted by Crippen LogP contribution is -2.13. The molecule has 0 bridgehead atoms. The van der Waals surface area contributed by atoms with Crippen molar-refractivity contribution >= 4 is 22.6 Å². The number of fused-ring (bicyclic) bond motifs is 3. The predicted octanol–water partition coefficient (Wildman–Crippen LogP) is 0.874. The number of carboxylic acid groups (broad SMARTS) is 1. The van der Waals surface area contributed by atoms with Crippen molar-refractivity contribution in [2.45, 2.75) is 0 Å². The Bertz CT molecular complexity index is 800. The topological polar surface area (TPSA) is 87.5 Å². The van der Waals surface area contributed by atoms with Gasteiger partial charge in [-0.25, -0.2) is 9.78 Å². The number of carboxylic acids is 1. The zero-order valence-corrected chi connectivity index (χ0v) is 8.54. The van der Waals surface area contributed by atoms with Crippen molar-refractivity contribution in [2.75, 3.05) is 0 Å². The Kier molecular flexibility index (Phi) is 1.79. The number of aromatic carboxylic acids is 1. The van der Waals surface area contributed by atoms with E-state index in [4.69, 9.17) is 5.11 Å². The van der Waals surface area contributed by atoms with E-state index in [2.05, 4.69) is 9.97 Å². The number of nitrogens with one attached hydrogen (secondary N) is 1. The molecule has 3 aromatic rings. The first-order valence-corrected chi connectivity index (χ1v) is 4.90. The molecule has 2 heterocycles. The number of nitrogens with zero attached hydrogens (tertiary/aromatic N) is 2. The largest absolute Gasteiger partial charge is 0.478 e. The molecule has 6 heteroatoms. The summed E-state index contributed by atoms with van der Waals surface area (Å²) in [6, 6.07) is 4.80. The third-order valence-corrected chi connectivity index (χ3v) is 2.61. The second-order valence-electron chi connectivity index (χ2n) is 3.58. The Hall–Kier alpha value is -2.63. The lowest BCUT2D eigenvalue weighted by atomic mass is 10.2. The second-order valence-corrected chi connectivity index (χ2v) is 3.58. The number of H-pyrrole nitrogens is 1. The maximum atomic E-state index is 11.7. The van der Waals surface area contributed by atoms with E-state index in [9.17, 15) is 9.59 Å². The molecule has 0 aliphatic heterocycles. The highest BCUT2D eigenvalue weighted by Crippen LogP contribution is 2.15. The zero-order valence-electron chi connectivity index (χ0n) is 8.54. The van der Waals surface area contributed by atoms with E-state index in [1.165, 1.54) is 12.3 Å². The van der Waals surface area contributed by atoms with Crippen molar-refractivity contribution in [2.24, 2.45) is 0 Å². The summed E-state index contributed by atoms with van der Waals surface area (Å²) >= 11 is 0.